The molecule has 0 aliphatic heterocycles. The van der Waals surface area contributed by atoms with Crippen LogP contribution in [0.1, 0.15) is 15.9 Å². The minimum absolute atomic E-state index is 0.205. The number of carbonyl (C=O) groups excluding carboxylic acids is 1. The Morgan fingerprint density at radius 2 is 1.71 bits per heavy atom. The Labute approximate surface area is 120 Å². The Balaban J connectivity index is 2.02. The summed E-state index contributed by atoms with van der Waals surface area (Å²) in [6.07, 6.45) is 2.90. The Morgan fingerprint density at radius 3 is 2.48 bits per heavy atom. The maximum atomic E-state index is 13.6. The highest BCUT2D eigenvalue weighted by Crippen LogP contribution is 2.21. The first kappa shape index (κ1) is 13.4. The molecule has 0 saturated carbocycles. The lowest BCUT2D eigenvalue weighted by Gasteiger charge is -2.07. The maximum absolute atomic E-state index is 13.6. The van der Waals surface area contributed by atoms with E-state index in [2.05, 4.69) is 4.98 Å². The SMILES string of the molecule is O=C(Cc1c(F)cccc1F)c1cccc2ccncc12. The van der Waals surface area contributed by atoms with Gasteiger partial charge in [-0.25, -0.2) is 8.78 Å². The highest BCUT2D eigenvalue weighted by molar-refractivity contribution is 6.08. The number of aromatic nitrogens is 1. The second kappa shape index (κ2) is 5.40. The van der Waals surface area contributed by atoms with Crippen LogP contribution in [0.15, 0.2) is 54.9 Å². The fourth-order valence-corrected chi connectivity index (χ4v) is 2.31. The van der Waals surface area contributed by atoms with Crippen LogP contribution in [-0.4, -0.2) is 10.8 Å². The van der Waals surface area contributed by atoms with Crippen LogP contribution in [0.4, 0.5) is 8.78 Å². The minimum Gasteiger partial charge on any atom is -0.294 e. The van der Waals surface area contributed by atoms with Gasteiger partial charge in [0.05, 0.1) is 0 Å². The number of hydrogen-bond acceptors (Lipinski definition) is 2. The molecule has 4 heteroatoms. The highest BCUT2D eigenvalue weighted by Gasteiger charge is 2.16. The molecule has 0 radical (unpaired) electrons. The molecule has 3 rings (SSSR count). The molecule has 0 fully saturated rings. The average molecular weight is 283 g/mol. The minimum atomic E-state index is -0.707. The standard InChI is InChI=1S/C17H11F2NO/c18-15-5-2-6-16(19)13(15)9-17(21)12-4-1-3-11-7-8-20-10-14(11)12/h1-8,10H,9H2. The van der Waals surface area contributed by atoms with Gasteiger partial charge >= 0.3 is 0 Å². The van der Waals surface area contributed by atoms with Crippen molar-refractivity contribution >= 4 is 16.6 Å². The molecular formula is C17H11F2NO. The largest absolute Gasteiger partial charge is 0.294 e. The van der Waals surface area contributed by atoms with Crippen molar-refractivity contribution < 1.29 is 13.6 Å². The quantitative estimate of drug-likeness (QED) is 0.681. The number of hydrogen-bond donors (Lipinski definition) is 0. The third-order valence-electron chi connectivity index (χ3n) is 3.38. The Hall–Kier alpha value is -2.62. The fraction of sp³-hybridized carbons (Fsp3) is 0.0588. The van der Waals surface area contributed by atoms with Gasteiger partial charge in [0.2, 0.25) is 0 Å². The van der Waals surface area contributed by atoms with Crippen molar-refractivity contribution in [1.82, 2.24) is 4.98 Å². The highest BCUT2D eigenvalue weighted by atomic mass is 19.1. The molecule has 0 N–H and O–H groups in total. The molecule has 21 heavy (non-hydrogen) atoms. The van der Waals surface area contributed by atoms with Crippen LogP contribution in [0.5, 0.6) is 0 Å². The molecule has 2 nitrogen and oxygen atoms in total. The van der Waals surface area contributed by atoms with Crippen molar-refractivity contribution in [3.8, 4) is 0 Å². The van der Waals surface area contributed by atoms with E-state index in [1.807, 2.05) is 6.07 Å². The second-order valence-electron chi connectivity index (χ2n) is 4.70. The van der Waals surface area contributed by atoms with E-state index in [4.69, 9.17) is 0 Å². The molecule has 0 amide bonds. The first-order valence-corrected chi connectivity index (χ1v) is 6.45. The number of carbonyl (C=O) groups is 1. The van der Waals surface area contributed by atoms with Gasteiger partial charge in [0.25, 0.3) is 0 Å². The van der Waals surface area contributed by atoms with Crippen LogP contribution in [0.25, 0.3) is 10.8 Å². The van der Waals surface area contributed by atoms with Gasteiger partial charge in [-0.2, -0.15) is 0 Å². The predicted octanol–water partition coefficient (Wildman–Crippen LogP) is 3.94. The van der Waals surface area contributed by atoms with Gasteiger partial charge in [0.1, 0.15) is 11.6 Å². The summed E-state index contributed by atoms with van der Waals surface area (Å²) in [6.45, 7) is 0. The summed E-state index contributed by atoms with van der Waals surface area (Å²) in [4.78, 5) is 16.4. The van der Waals surface area contributed by atoms with Crippen LogP contribution >= 0.6 is 0 Å². The van der Waals surface area contributed by atoms with Gasteiger partial charge in [-0.05, 0) is 23.6 Å². The lowest BCUT2D eigenvalue weighted by atomic mass is 9.98. The van der Waals surface area contributed by atoms with Crippen LogP contribution in [-0.2, 0) is 6.42 Å². The number of halogens is 2. The number of benzene rings is 2. The predicted molar refractivity (Wildman–Crippen MR) is 76.1 cm³/mol. The Kier molecular flexibility index (Phi) is 3.44. The number of rotatable bonds is 3. The number of nitrogens with zero attached hydrogens (tertiary/aromatic N) is 1. The van der Waals surface area contributed by atoms with E-state index in [9.17, 15) is 13.6 Å². The molecule has 1 aromatic heterocycles. The first-order valence-electron chi connectivity index (χ1n) is 6.45. The van der Waals surface area contributed by atoms with Gasteiger partial charge < -0.3 is 0 Å². The van der Waals surface area contributed by atoms with Gasteiger partial charge in [0.15, 0.2) is 5.78 Å². The van der Waals surface area contributed by atoms with Gasteiger partial charge in [-0.15, -0.1) is 0 Å². The van der Waals surface area contributed by atoms with E-state index >= 15 is 0 Å². The van der Waals surface area contributed by atoms with Crippen molar-refractivity contribution in [1.29, 1.82) is 0 Å². The fourth-order valence-electron chi connectivity index (χ4n) is 2.31. The number of pyridine rings is 1. The van der Waals surface area contributed by atoms with Crippen LogP contribution in [0, 0.1) is 11.6 Å². The zero-order valence-electron chi connectivity index (χ0n) is 11.0. The first-order chi connectivity index (χ1) is 10.2. The zero-order valence-corrected chi connectivity index (χ0v) is 11.0. The summed E-state index contributed by atoms with van der Waals surface area (Å²) >= 11 is 0. The summed E-state index contributed by atoms with van der Waals surface area (Å²) in [7, 11) is 0. The monoisotopic (exact) mass is 283 g/mol. The molecule has 0 atom stereocenters. The normalized spacial score (nSPS) is 10.8. The molecule has 0 aliphatic rings. The van der Waals surface area contributed by atoms with E-state index in [1.54, 1.807) is 30.6 Å². The molecular weight excluding hydrogens is 272 g/mol. The van der Waals surface area contributed by atoms with Crippen LogP contribution < -0.4 is 0 Å². The Morgan fingerprint density at radius 1 is 1.00 bits per heavy atom. The van der Waals surface area contributed by atoms with Crippen LogP contribution in [0.3, 0.4) is 0 Å². The van der Waals surface area contributed by atoms with E-state index < -0.39 is 11.6 Å². The maximum Gasteiger partial charge on any atom is 0.168 e. The van der Waals surface area contributed by atoms with Gasteiger partial charge in [-0.1, -0.05) is 24.3 Å². The van der Waals surface area contributed by atoms with Crippen molar-refractivity contribution in [2.75, 3.05) is 0 Å². The number of Topliss-reactive ketones (excluding diaryl/α,β-unsaturated/α-hetero) is 1. The van der Waals surface area contributed by atoms with E-state index in [0.29, 0.717) is 10.9 Å². The summed E-state index contributed by atoms with van der Waals surface area (Å²) < 4.78 is 27.3. The van der Waals surface area contributed by atoms with E-state index in [0.717, 1.165) is 17.5 Å². The molecule has 2 aromatic carbocycles. The lowest BCUT2D eigenvalue weighted by Crippen LogP contribution is -2.08. The zero-order chi connectivity index (χ0) is 14.8. The van der Waals surface area contributed by atoms with Gasteiger partial charge in [-0.3, -0.25) is 9.78 Å². The van der Waals surface area contributed by atoms with E-state index in [1.165, 1.54) is 6.07 Å². The average Bonchev–Trinajstić information content (AvgIpc) is 2.50. The smallest absolute Gasteiger partial charge is 0.168 e. The summed E-state index contributed by atoms with van der Waals surface area (Å²) in [5.41, 5.74) is 0.214. The van der Waals surface area contributed by atoms with Crippen molar-refractivity contribution in [3.63, 3.8) is 0 Å². The molecule has 0 saturated heterocycles. The third kappa shape index (κ3) is 2.52. The van der Waals surface area contributed by atoms with Crippen molar-refractivity contribution in [2.45, 2.75) is 6.42 Å². The molecule has 1 heterocycles. The second-order valence-corrected chi connectivity index (χ2v) is 4.70. The van der Waals surface area contributed by atoms with Gasteiger partial charge in [0, 0.05) is 35.3 Å². The Bertz CT molecular complexity index is 804. The molecule has 0 unspecified atom stereocenters. The molecule has 0 aliphatic carbocycles. The molecule has 3 aromatic rings. The number of ketones is 1. The summed E-state index contributed by atoms with van der Waals surface area (Å²) in [5.74, 6) is -1.75. The van der Waals surface area contributed by atoms with E-state index in [-0.39, 0.29) is 17.8 Å². The summed E-state index contributed by atoms with van der Waals surface area (Å²) in [5, 5.41) is 1.55. The lowest BCUT2D eigenvalue weighted by molar-refractivity contribution is 0.0992. The van der Waals surface area contributed by atoms with Crippen molar-refractivity contribution in [3.05, 3.63) is 77.6 Å². The topological polar surface area (TPSA) is 30.0 Å². The van der Waals surface area contributed by atoms with Crippen LogP contribution in [0.2, 0.25) is 0 Å². The molecule has 0 bridgehead atoms. The molecule has 0 spiro atoms. The molecule has 104 valence electrons. The third-order valence-corrected chi connectivity index (χ3v) is 3.38. The summed E-state index contributed by atoms with van der Waals surface area (Å²) in [6, 6.07) is 10.6. The van der Waals surface area contributed by atoms with Crippen molar-refractivity contribution in [2.24, 2.45) is 0 Å². The number of fused-ring (bicyclic) bond motifs is 1.